The van der Waals surface area contributed by atoms with Crippen molar-refractivity contribution in [3.8, 4) is 11.3 Å². The Balaban J connectivity index is 1.57. The molecular weight excluding hydrogens is 364 g/mol. The lowest BCUT2D eigenvalue weighted by Gasteiger charge is -2.07. The zero-order valence-corrected chi connectivity index (χ0v) is 15.9. The minimum absolute atomic E-state index is 0.181. The molecule has 7 heteroatoms. The fourth-order valence-corrected chi connectivity index (χ4v) is 3.44. The molecule has 0 bridgehead atoms. The highest BCUT2D eigenvalue weighted by Gasteiger charge is 2.20. The van der Waals surface area contributed by atoms with Crippen LogP contribution >= 0.6 is 11.3 Å². The zero-order valence-electron chi connectivity index (χ0n) is 15.1. The topological polar surface area (TPSA) is 92.4 Å². The van der Waals surface area contributed by atoms with E-state index in [0.29, 0.717) is 24.1 Å². The molecule has 2 aromatic heterocycles. The van der Waals surface area contributed by atoms with Crippen molar-refractivity contribution in [1.29, 1.82) is 0 Å². The number of carbonyl (C=O) groups is 2. The quantitative estimate of drug-likeness (QED) is 0.649. The average molecular weight is 384 g/mol. The number of thiazole rings is 1. The number of hydrogen-bond acceptors (Lipinski definition) is 5. The van der Waals surface area contributed by atoms with Gasteiger partial charge in [0.2, 0.25) is 0 Å². The second-order valence-corrected chi connectivity index (χ2v) is 7.30. The van der Waals surface area contributed by atoms with Crippen LogP contribution in [-0.4, -0.2) is 28.5 Å². The van der Waals surface area contributed by atoms with E-state index in [1.165, 1.54) is 6.26 Å². The molecule has 0 saturated heterocycles. The summed E-state index contributed by atoms with van der Waals surface area (Å²) >= 11 is 1.62. The Bertz CT molecular complexity index is 957. The van der Waals surface area contributed by atoms with Crippen molar-refractivity contribution in [2.24, 2.45) is 0 Å². The first-order chi connectivity index (χ1) is 12.9. The number of nitrogens with one attached hydrogen (secondary N) is 1. The fraction of sp³-hybridized carbons (Fsp3) is 0.250. The highest BCUT2D eigenvalue weighted by Crippen LogP contribution is 2.22. The van der Waals surface area contributed by atoms with Crippen molar-refractivity contribution >= 4 is 23.2 Å². The molecule has 0 aliphatic carbocycles. The summed E-state index contributed by atoms with van der Waals surface area (Å²) in [7, 11) is 0. The van der Waals surface area contributed by atoms with E-state index in [1.54, 1.807) is 18.3 Å². The van der Waals surface area contributed by atoms with Gasteiger partial charge in [0.25, 0.3) is 5.91 Å². The molecule has 1 amide bonds. The number of hydrogen-bond donors (Lipinski definition) is 2. The van der Waals surface area contributed by atoms with Gasteiger partial charge in [-0.25, -0.2) is 4.98 Å². The zero-order chi connectivity index (χ0) is 19.4. The van der Waals surface area contributed by atoms with Gasteiger partial charge in [0.05, 0.1) is 22.5 Å². The fourth-order valence-electron chi connectivity index (χ4n) is 2.82. The van der Waals surface area contributed by atoms with E-state index in [4.69, 9.17) is 9.52 Å². The van der Waals surface area contributed by atoms with Gasteiger partial charge in [-0.15, -0.1) is 11.3 Å². The van der Waals surface area contributed by atoms with Crippen molar-refractivity contribution in [3.63, 3.8) is 0 Å². The first-order valence-corrected chi connectivity index (χ1v) is 9.40. The van der Waals surface area contributed by atoms with Crippen LogP contribution in [-0.2, 0) is 17.6 Å². The number of aryl methyl sites for hydroxylation is 2. The Hall–Kier alpha value is -2.93. The van der Waals surface area contributed by atoms with Crippen LogP contribution < -0.4 is 5.32 Å². The number of carboxylic acid groups (broad SMARTS) is 1. The second-order valence-electron chi connectivity index (χ2n) is 6.24. The van der Waals surface area contributed by atoms with Gasteiger partial charge in [0, 0.05) is 23.1 Å². The van der Waals surface area contributed by atoms with Crippen molar-refractivity contribution in [3.05, 3.63) is 63.4 Å². The van der Waals surface area contributed by atoms with Crippen LogP contribution in [0, 0.1) is 13.8 Å². The molecule has 0 spiro atoms. The molecule has 3 rings (SSSR count). The van der Waals surface area contributed by atoms with E-state index in [-0.39, 0.29) is 18.1 Å². The summed E-state index contributed by atoms with van der Waals surface area (Å²) in [6.45, 7) is 4.16. The Morgan fingerprint density at radius 3 is 2.59 bits per heavy atom. The van der Waals surface area contributed by atoms with E-state index >= 15 is 0 Å². The molecular formula is C20H20N2O4S. The Morgan fingerprint density at radius 1 is 1.22 bits per heavy atom. The molecule has 2 N–H and O–H groups in total. The standard InChI is InChI=1S/C20H20N2O4S/c1-12-10-26-17(9-18(23)24)19(12)20(25)21-8-7-14-3-5-15(6-4-14)16-11-27-13(2)22-16/h3-6,10-11H,7-9H2,1-2H3,(H,21,25)(H,23,24). The maximum absolute atomic E-state index is 12.4. The highest BCUT2D eigenvalue weighted by molar-refractivity contribution is 7.09. The summed E-state index contributed by atoms with van der Waals surface area (Å²) in [5.74, 6) is -1.17. The number of carbonyl (C=O) groups excluding carboxylic acids is 1. The summed E-state index contributed by atoms with van der Waals surface area (Å²) in [5.41, 5.74) is 4.08. The highest BCUT2D eigenvalue weighted by atomic mass is 32.1. The molecule has 0 radical (unpaired) electrons. The van der Waals surface area contributed by atoms with E-state index < -0.39 is 5.97 Å². The average Bonchev–Trinajstić information content (AvgIpc) is 3.21. The lowest BCUT2D eigenvalue weighted by atomic mass is 10.1. The van der Waals surface area contributed by atoms with Gasteiger partial charge in [-0.2, -0.15) is 0 Å². The number of rotatable bonds is 7. The van der Waals surface area contributed by atoms with Gasteiger partial charge < -0.3 is 14.8 Å². The Morgan fingerprint density at radius 2 is 1.96 bits per heavy atom. The molecule has 6 nitrogen and oxygen atoms in total. The van der Waals surface area contributed by atoms with Crippen LogP contribution in [0.3, 0.4) is 0 Å². The van der Waals surface area contributed by atoms with E-state index in [9.17, 15) is 9.59 Å². The second kappa shape index (κ2) is 8.18. The van der Waals surface area contributed by atoms with Gasteiger partial charge >= 0.3 is 5.97 Å². The van der Waals surface area contributed by atoms with Gasteiger partial charge in [-0.05, 0) is 25.8 Å². The number of aliphatic carboxylic acids is 1. The smallest absolute Gasteiger partial charge is 0.311 e. The molecule has 3 aromatic rings. The lowest BCUT2D eigenvalue weighted by molar-refractivity contribution is -0.136. The van der Waals surface area contributed by atoms with Gasteiger partial charge in [0.1, 0.15) is 12.2 Å². The van der Waals surface area contributed by atoms with Crippen LogP contribution in [0.1, 0.15) is 32.3 Å². The largest absolute Gasteiger partial charge is 0.481 e. The summed E-state index contributed by atoms with van der Waals surface area (Å²) in [5, 5.41) is 14.8. The number of carboxylic acids is 1. The summed E-state index contributed by atoms with van der Waals surface area (Å²) < 4.78 is 5.20. The third kappa shape index (κ3) is 4.62. The minimum atomic E-state index is -1.03. The van der Waals surface area contributed by atoms with E-state index in [2.05, 4.69) is 10.3 Å². The first kappa shape index (κ1) is 18.8. The maximum Gasteiger partial charge on any atom is 0.311 e. The normalized spacial score (nSPS) is 10.7. The molecule has 0 fully saturated rings. The Kier molecular flexibility index (Phi) is 5.71. The minimum Gasteiger partial charge on any atom is -0.481 e. The molecule has 140 valence electrons. The van der Waals surface area contributed by atoms with Crippen LogP contribution in [0.4, 0.5) is 0 Å². The summed E-state index contributed by atoms with van der Waals surface area (Å²) in [4.78, 5) is 27.7. The molecule has 27 heavy (non-hydrogen) atoms. The van der Waals surface area contributed by atoms with Crippen LogP contribution in [0.15, 0.2) is 40.3 Å². The summed E-state index contributed by atoms with van der Waals surface area (Å²) in [6.07, 6.45) is 1.77. The SMILES string of the molecule is Cc1nc(-c2ccc(CCNC(=O)c3c(C)coc3CC(=O)O)cc2)cs1. The third-order valence-corrected chi connectivity index (χ3v) is 4.93. The number of benzene rings is 1. The summed E-state index contributed by atoms with van der Waals surface area (Å²) in [6, 6.07) is 8.10. The number of nitrogens with zero attached hydrogens (tertiary/aromatic N) is 1. The van der Waals surface area contributed by atoms with Crippen molar-refractivity contribution in [1.82, 2.24) is 10.3 Å². The van der Waals surface area contributed by atoms with Gasteiger partial charge in [0.15, 0.2) is 0 Å². The predicted octanol–water partition coefficient (Wildman–Crippen LogP) is 3.62. The van der Waals surface area contributed by atoms with Crippen LogP contribution in [0.2, 0.25) is 0 Å². The molecule has 0 atom stereocenters. The number of amides is 1. The van der Waals surface area contributed by atoms with E-state index in [0.717, 1.165) is 21.8 Å². The molecule has 0 aliphatic rings. The van der Waals surface area contributed by atoms with Crippen molar-refractivity contribution in [2.45, 2.75) is 26.7 Å². The molecule has 2 heterocycles. The van der Waals surface area contributed by atoms with Gasteiger partial charge in [-0.1, -0.05) is 24.3 Å². The first-order valence-electron chi connectivity index (χ1n) is 8.52. The molecule has 0 saturated carbocycles. The third-order valence-electron chi connectivity index (χ3n) is 4.16. The van der Waals surface area contributed by atoms with Crippen molar-refractivity contribution < 1.29 is 19.1 Å². The maximum atomic E-state index is 12.4. The van der Waals surface area contributed by atoms with Crippen LogP contribution in [0.5, 0.6) is 0 Å². The number of aromatic nitrogens is 1. The molecule has 0 aliphatic heterocycles. The monoisotopic (exact) mass is 384 g/mol. The van der Waals surface area contributed by atoms with Crippen LogP contribution in [0.25, 0.3) is 11.3 Å². The molecule has 1 aromatic carbocycles. The van der Waals surface area contributed by atoms with Gasteiger partial charge in [-0.3, -0.25) is 9.59 Å². The molecule has 0 unspecified atom stereocenters. The number of furan rings is 1. The Labute approximate surface area is 160 Å². The van der Waals surface area contributed by atoms with Crippen molar-refractivity contribution in [2.75, 3.05) is 6.54 Å². The van der Waals surface area contributed by atoms with E-state index in [1.807, 2.05) is 36.6 Å². The predicted molar refractivity (Wildman–Crippen MR) is 103 cm³/mol. The lowest BCUT2D eigenvalue weighted by Crippen LogP contribution is -2.27.